The Hall–Kier alpha value is -3.64. The van der Waals surface area contributed by atoms with E-state index in [9.17, 15) is 9.59 Å². The van der Waals surface area contributed by atoms with Gasteiger partial charge in [-0.3, -0.25) is 9.59 Å². The Balaban J connectivity index is 1.48. The fraction of sp³-hybridized carbons (Fsp3) is 0.0870. The molecule has 0 saturated carbocycles. The number of benzene rings is 3. The molecule has 0 aromatic heterocycles. The highest BCUT2D eigenvalue weighted by Gasteiger charge is 2.35. The van der Waals surface area contributed by atoms with Crippen LogP contribution in [0, 0.1) is 0 Å². The lowest BCUT2D eigenvalue weighted by Gasteiger charge is -2.12. The summed E-state index contributed by atoms with van der Waals surface area (Å²) < 4.78 is 11.2. The minimum Gasteiger partial charge on any atom is -0.493 e. The van der Waals surface area contributed by atoms with E-state index in [1.54, 1.807) is 54.6 Å². The first kappa shape index (κ1) is 19.7. The summed E-state index contributed by atoms with van der Waals surface area (Å²) in [6.45, 7) is 0.357. The van der Waals surface area contributed by atoms with Crippen LogP contribution in [0.2, 0.25) is 5.02 Å². The van der Waals surface area contributed by atoms with Crippen molar-refractivity contribution in [2.24, 2.45) is 5.10 Å². The predicted octanol–water partition coefficient (Wildman–Crippen LogP) is 4.56. The van der Waals surface area contributed by atoms with Crippen molar-refractivity contribution in [1.82, 2.24) is 5.01 Å². The van der Waals surface area contributed by atoms with E-state index in [4.69, 9.17) is 21.1 Å². The predicted molar refractivity (Wildman–Crippen MR) is 113 cm³/mol. The summed E-state index contributed by atoms with van der Waals surface area (Å²) in [4.78, 5) is 24.8. The topological polar surface area (TPSA) is 68.2 Å². The molecule has 0 unspecified atom stereocenters. The lowest BCUT2D eigenvalue weighted by atomic mass is 10.1. The Morgan fingerprint density at radius 1 is 0.933 bits per heavy atom. The number of nitrogens with zero attached hydrogens (tertiary/aromatic N) is 2. The van der Waals surface area contributed by atoms with Crippen molar-refractivity contribution in [3.63, 3.8) is 0 Å². The van der Waals surface area contributed by atoms with Crippen molar-refractivity contribution in [3.8, 4) is 11.5 Å². The number of halogens is 1. The highest BCUT2D eigenvalue weighted by molar-refractivity contribution is 6.30. The van der Waals surface area contributed by atoms with Gasteiger partial charge in [0.25, 0.3) is 11.8 Å². The van der Waals surface area contributed by atoms with Gasteiger partial charge in [0.1, 0.15) is 6.61 Å². The maximum Gasteiger partial charge on any atom is 0.282 e. The number of hydrazone groups is 1. The molecule has 0 atom stereocenters. The SMILES string of the molecule is COc1cc(C=NN2C(=O)c3ccccc3C2=O)ccc1OCc1ccc(Cl)cc1. The van der Waals surface area contributed by atoms with Crippen LogP contribution in [0.4, 0.5) is 0 Å². The Morgan fingerprint density at radius 2 is 1.60 bits per heavy atom. The molecule has 6 nitrogen and oxygen atoms in total. The van der Waals surface area contributed by atoms with Crippen LogP contribution in [0.5, 0.6) is 11.5 Å². The molecule has 0 radical (unpaired) electrons. The Morgan fingerprint density at radius 3 is 2.23 bits per heavy atom. The number of methoxy groups -OCH3 is 1. The summed E-state index contributed by atoms with van der Waals surface area (Å²) in [6, 6.07) is 19.3. The van der Waals surface area contributed by atoms with Crippen molar-refractivity contribution in [1.29, 1.82) is 0 Å². The van der Waals surface area contributed by atoms with Crippen molar-refractivity contribution in [2.45, 2.75) is 6.61 Å². The van der Waals surface area contributed by atoms with Gasteiger partial charge in [-0.2, -0.15) is 10.1 Å². The second kappa shape index (κ2) is 8.39. The summed E-state index contributed by atoms with van der Waals surface area (Å²) in [5.74, 6) is 0.184. The van der Waals surface area contributed by atoms with Crippen LogP contribution < -0.4 is 9.47 Å². The van der Waals surface area contributed by atoms with Crippen LogP contribution in [0.25, 0.3) is 0 Å². The van der Waals surface area contributed by atoms with E-state index in [0.717, 1.165) is 10.6 Å². The average Bonchev–Trinajstić information content (AvgIpc) is 3.02. The van der Waals surface area contributed by atoms with Gasteiger partial charge in [0.05, 0.1) is 24.5 Å². The molecule has 0 spiro atoms. The van der Waals surface area contributed by atoms with E-state index in [-0.39, 0.29) is 0 Å². The molecule has 7 heteroatoms. The standard InChI is InChI=1S/C23H17ClN2O4/c1-29-21-12-16(8-11-20(21)30-14-15-6-9-17(24)10-7-15)13-25-26-22(27)18-4-2-3-5-19(18)23(26)28/h2-13H,14H2,1H3. The molecule has 1 aliphatic rings. The van der Waals surface area contributed by atoms with Crippen molar-refractivity contribution >= 4 is 29.6 Å². The van der Waals surface area contributed by atoms with Crippen molar-refractivity contribution < 1.29 is 19.1 Å². The summed E-state index contributed by atoms with van der Waals surface area (Å²) in [7, 11) is 1.54. The van der Waals surface area contributed by atoms with E-state index in [2.05, 4.69) is 5.10 Å². The highest BCUT2D eigenvalue weighted by atomic mass is 35.5. The van der Waals surface area contributed by atoms with E-state index >= 15 is 0 Å². The summed E-state index contributed by atoms with van der Waals surface area (Å²) in [6.07, 6.45) is 1.44. The average molecular weight is 421 g/mol. The number of carbonyl (C=O) groups excluding carboxylic acids is 2. The van der Waals surface area contributed by atoms with Crippen LogP contribution >= 0.6 is 11.6 Å². The Kier molecular flexibility index (Phi) is 5.50. The third-order valence-electron chi connectivity index (χ3n) is 4.59. The molecule has 3 aromatic rings. The van der Waals surface area contributed by atoms with Gasteiger partial charge in [-0.05, 0) is 53.6 Å². The highest BCUT2D eigenvalue weighted by Crippen LogP contribution is 2.29. The Labute approximate surface area is 178 Å². The smallest absolute Gasteiger partial charge is 0.282 e. The number of carbonyl (C=O) groups is 2. The molecular weight excluding hydrogens is 404 g/mol. The largest absolute Gasteiger partial charge is 0.493 e. The van der Waals surface area contributed by atoms with E-state index in [1.165, 1.54) is 13.3 Å². The molecule has 0 saturated heterocycles. The second-order valence-electron chi connectivity index (χ2n) is 6.54. The second-order valence-corrected chi connectivity index (χ2v) is 6.97. The quantitative estimate of drug-likeness (QED) is 0.433. The number of hydrogen-bond acceptors (Lipinski definition) is 5. The van der Waals surface area contributed by atoms with Crippen LogP contribution in [-0.2, 0) is 6.61 Å². The summed E-state index contributed by atoms with van der Waals surface area (Å²) in [5.41, 5.74) is 2.33. The van der Waals surface area contributed by atoms with Gasteiger partial charge >= 0.3 is 0 Å². The zero-order valence-electron chi connectivity index (χ0n) is 16.0. The molecule has 2 amide bonds. The molecule has 0 bridgehead atoms. The lowest BCUT2D eigenvalue weighted by Crippen LogP contribution is -2.23. The van der Waals surface area contributed by atoms with Gasteiger partial charge in [-0.15, -0.1) is 0 Å². The van der Waals surface area contributed by atoms with E-state index < -0.39 is 11.8 Å². The summed E-state index contributed by atoms with van der Waals surface area (Å²) in [5, 5.41) is 5.61. The third kappa shape index (κ3) is 3.90. The molecule has 1 heterocycles. The minimum absolute atomic E-state index is 0.350. The first-order chi connectivity index (χ1) is 14.6. The number of amides is 2. The zero-order chi connectivity index (χ0) is 21.1. The summed E-state index contributed by atoms with van der Waals surface area (Å²) >= 11 is 5.90. The van der Waals surface area contributed by atoms with Gasteiger partial charge in [-0.25, -0.2) is 0 Å². The monoisotopic (exact) mass is 420 g/mol. The maximum absolute atomic E-state index is 12.4. The Bertz CT molecular complexity index is 1110. The van der Waals surface area contributed by atoms with Crippen LogP contribution in [0.3, 0.4) is 0 Å². The molecule has 0 fully saturated rings. The lowest BCUT2D eigenvalue weighted by molar-refractivity contribution is 0.0660. The van der Waals surface area contributed by atoms with Crippen molar-refractivity contribution in [2.75, 3.05) is 7.11 Å². The maximum atomic E-state index is 12.4. The van der Waals surface area contributed by atoms with Crippen molar-refractivity contribution in [3.05, 3.63) is 94.0 Å². The minimum atomic E-state index is -0.443. The molecule has 150 valence electrons. The first-order valence-electron chi connectivity index (χ1n) is 9.14. The number of imide groups is 1. The molecule has 1 aliphatic heterocycles. The van der Waals surface area contributed by atoms with Gasteiger partial charge < -0.3 is 9.47 Å². The fourth-order valence-corrected chi connectivity index (χ4v) is 3.16. The molecular formula is C23H17ClN2O4. The first-order valence-corrected chi connectivity index (χ1v) is 9.51. The molecule has 0 aliphatic carbocycles. The zero-order valence-corrected chi connectivity index (χ0v) is 16.8. The number of ether oxygens (including phenoxy) is 2. The number of fused-ring (bicyclic) bond motifs is 1. The van der Waals surface area contributed by atoms with Crippen LogP contribution in [-0.4, -0.2) is 30.1 Å². The van der Waals surface area contributed by atoms with Gasteiger partial charge in [-0.1, -0.05) is 35.9 Å². The normalized spacial score (nSPS) is 13.1. The molecule has 0 N–H and O–H groups in total. The fourth-order valence-electron chi connectivity index (χ4n) is 3.03. The van der Waals surface area contributed by atoms with Gasteiger partial charge in [0.2, 0.25) is 0 Å². The van der Waals surface area contributed by atoms with E-state index in [0.29, 0.717) is 39.8 Å². The third-order valence-corrected chi connectivity index (χ3v) is 4.84. The molecule has 30 heavy (non-hydrogen) atoms. The molecule has 4 rings (SSSR count). The van der Waals surface area contributed by atoms with E-state index in [1.807, 2.05) is 12.1 Å². The number of hydrogen-bond donors (Lipinski definition) is 0. The number of rotatable bonds is 6. The van der Waals surface area contributed by atoms with Gasteiger partial charge in [0.15, 0.2) is 11.5 Å². The van der Waals surface area contributed by atoms with Crippen LogP contribution in [0.1, 0.15) is 31.8 Å². The van der Waals surface area contributed by atoms with Crippen LogP contribution in [0.15, 0.2) is 71.8 Å². The molecule has 3 aromatic carbocycles. The van der Waals surface area contributed by atoms with Gasteiger partial charge in [0, 0.05) is 5.02 Å².